The number of aromatic nitrogens is 3. The summed E-state index contributed by atoms with van der Waals surface area (Å²) in [4.78, 5) is 28.1. The van der Waals surface area contributed by atoms with Gasteiger partial charge in [-0.1, -0.05) is 12.1 Å². The van der Waals surface area contributed by atoms with Gasteiger partial charge in [0.05, 0.1) is 46.7 Å². The molecule has 0 aliphatic carbocycles. The number of aryl methyl sites for hydroxylation is 1. The van der Waals surface area contributed by atoms with E-state index < -0.39 is 34.1 Å². The standard InChI is InChI=1S/C29H28F3N5O4S/c1-17-7-8-19(11-25(17)42(3,39)40)28(38)34-14-21-12-24-20(13-33-21)9-10-23(35-24)22-5-4-6-27(36-22)37-15-18(2)41-26(16-37)29(30,31)32/h4-13,18,26H,14-16H2,1-3H3,(H,34,38)/t18-,26+/m0/s1. The molecular formula is C29H28F3N5O4S. The summed E-state index contributed by atoms with van der Waals surface area (Å²) >= 11 is 0. The highest BCUT2D eigenvalue weighted by molar-refractivity contribution is 7.90. The molecule has 1 saturated heterocycles. The van der Waals surface area contributed by atoms with Crippen molar-refractivity contribution in [2.24, 2.45) is 0 Å². The van der Waals surface area contributed by atoms with Crippen LogP contribution in [-0.4, -0.2) is 67.0 Å². The molecule has 9 nitrogen and oxygen atoms in total. The molecule has 0 radical (unpaired) electrons. The van der Waals surface area contributed by atoms with Gasteiger partial charge in [-0.25, -0.2) is 18.4 Å². The zero-order chi connectivity index (χ0) is 30.2. The van der Waals surface area contributed by atoms with Crippen molar-refractivity contribution >= 4 is 32.5 Å². The number of halogens is 3. The molecule has 220 valence electrons. The van der Waals surface area contributed by atoms with E-state index >= 15 is 0 Å². The first-order valence-electron chi connectivity index (χ1n) is 13.1. The van der Waals surface area contributed by atoms with Crippen molar-refractivity contribution in [1.29, 1.82) is 0 Å². The minimum atomic E-state index is -4.48. The summed E-state index contributed by atoms with van der Waals surface area (Å²) in [5, 5.41) is 3.50. The molecule has 0 bridgehead atoms. The third-order valence-corrected chi connectivity index (χ3v) is 8.10. The number of sulfone groups is 1. The van der Waals surface area contributed by atoms with Gasteiger partial charge in [0.15, 0.2) is 15.9 Å². The van der Waals surface area contributed by atoms with Crippen LogP contribution < -0.4 is 10.2 Å². The Balaban J connectivity index is 1.34. The summed E-state index contributed by atoms with van der Waals surface area (Å²) < 4.78 is 69.2. The lowest BCUT2D eigenvalue weighted by molar-refractivity contribution is -0.233. The van der Waals surface area contributed by atoms with Gasteiger partial charge >= 0.3 is 6.18 Å². The van der Waals surface area contributed by atoms with Crippen LogP contribution in [0.15, 0.2) is 65.7 Å². The minimum Gasteiger partial charge on any atom is -0.362 e. The van der Waals surface area contributed by atoms with Crippen LogP contribution >= 0.6 is 0 Å². The van der Waals surface area contributed by atoms with E-state index in [0.717, 1.165) is 11.6 Å². The first-order valence-corrected chi connectivity index (χ1v) is 15.0. The van der Waals surface area contributed by atoms with Crippen LogP contribution in [0, 0.1) is 6.92 Å². The molecule has 1 aliphatic heterocycles. The first kappa shape index (κ1) is 29.4. The van der Waals surface area contributed by atoms with Crippen LogP contribution in [0.4, 0.5) is 19.0 Å². The maximum atomic E-state index is 13.4. The van der Waals surface area contributed by atoms with E-state index in [2.05, 4.69) is 15.3 Å². The fourth-order valence-electron chi connectivity index (χ4n) is 4.77. The van der Waals surface area contributed by atoms with E-state index in [9.17, 15) is 26.4 Å². The number of nitrogens with zero attached hydrogens (tertiary/aromatic N) is 4. The van der Waals surface area contributed by atoms with E-state index in [0.29, 0.717) is 34.0 Å². The van der Waals surface area contributed by atoms with Crippen LogP contribution in [0.25, 0.3) is 22.3 Å². The Bertz CT molecular complexity index is 1760. The van der Waals surface area contributed by atoms with Crippen molar-refractivity contribution in [3.63, 3.8) is 0 Å². The lowest BCUT2D eigenvalue weighted by atomic mass is 10.1. The van der Waals surface area contributed by atoms with Crippen LogP contribution in [0.1, 0.15) is 28.5 Å². The average molecular weight is 600 g/mol. The molecule has 1 aliphatic rings. The fraction of sp³-hybridized carbons (Fsp3) is 0.310. The quantitative estimate of drug-likeness (QED) is 0.345. The number of fused-ring (bicyclic) bond motifs is 1. The van der Waals surface area contributed by atoms with Crippen LogP contribution in [0.5, 0.6) is 0 Å². The summed E-state index contributed by atoms with van der Waals surface area (Å²) in [6, 6.07) is 14.9. The number of rotatable bonds is 6. The van der Waals surface area contributed by atoms with E-state index in [1.54, 1.807) is 67.4 Å². The number of ether oxygens (including phenoxy) is 1. The molecular weight excluding hydrogens is 571 g/mol. The highest BCUT2D eigenvalue weighted by Gasteiger charge is 2.45. The average Bonchev–Trinajstić information content (AvgIpc) is 2.94. The largest absolute Gasteiger partial charge is 0.416 e. The Labute approximate surface area is 240 Å². The first-order chi connectivity index (χ1) is 19.8. The second kappa shape index (κ2) is 11.3. The van der Waals surface area contributed by atoms with Crippen molar-refractivity contribution in [2.75, 3.05) is 24.2 Å². The maximum absolute atomic E-state index is 13.4. The molecule has 0 spiro atoms. The van der Waals surface area contributed by atoms with E-state index in [4.69, 9.17) is 9.72 Å². The van der Waals surface area contributed by atoms with Crippen molar-refractivity contribution in [2.45, 2.75) is 43.7 Å². The van der Waals surface area contributed by atoms with E-state index in [1.807, 2.05) is 6.07 Å². The lowest BCUT2D eigenvalue weighted by Crippen LogP contribution is -2.52. The molecule has 1 fully saturated rings. The molecule has 42 heavy (non-hydrogen) atoms. The number of amides is 1. The number of carbonyl (C=O) groups is 1. The van der Waals surface area contributed by atoms with E-state index in [1.165, 1.54) is 6.07 Å². The van der Waals surface area contributed by atoms with Gasteiger partial charge in [-0.2, -0.15) is 13.2 Å². The van der Waals surface area contributed by atoms with Gasteiger partial charge in [-0.3, -0.25) is 9.78 Å². The smallest absolute Gasteiger partial charge is 0.362 e. The van der Waals surface area contributed by atoms with E-state index in [-0.39, 0.29) is 30.1 Å². The Morgan fingerprint density at radius 1 is 1.07 bits per heavy atom. The minimum absolute atomic E-state index is 0.0755. The van der Waals surface area contributed by atoms with Crippen molar-refractivity contribution < 1.29 is 31.1 Å². The molecule has 1 amide bonds. The zero-order valence-corrected chi connectivity index (χ0v) is 23.8. The summed E-state index contributed by atoms with van der Waals surface area (Å²) in [5.41, 5.74) is 2.89. The topological polar surface area (TPSA) is 114 Å². The number of carbonyl (C=O) groups excluding carboxylic acids is 1. The Hall–Kier alpha value is -4.10. The molecule has 5 rings (SSSR count). The molecule has 2 atom stereocenters. The van der Waals surface area contributed by atoms with Gasteiger partial charge in [-0.05, 0) is 61.9 Å². The normalized spacial score (nSPS) is 17.8. The third-order valence-electron chi connectivity index (χ3n) is 6.86. The summed E-state index contributed by atoms with van der Waals surface area (Å²) in [6.07, 6.45) is -4.28. The Morgan fingerprint density at radius 3 is 2.57 bits per heavy atom. The zero-order valence-electron chi connectivity index (χ0n) is 23.0. The highest BCUT2D eigenvalue weighted by atomic mass is 32.2. The number of alkyl halides is 3. The number of anilines is 1. The SMILES string of the molecule is Cc1ccc(C(=O)NCc2cc3nc(-c4cccc(N5C[C@H](C)O[C@@H](C(F)(F)F)C5)n4)ccc3cn2)cc1S(C)(=O)=O. The Kier molecular flexibility index (Phi) is 7.90. The number of pyridine rings is 3. The summed E-state index contributed by atoms with van der Waals surface area (Å²) in [5.74, 6) is -0.0539. The van der Waals surface area contributed by atoms with Crippen LogP contribution in [0.2, 0.25) is 0 Å². The van der Waals surface area contributed by atoms with Gasteiger partial charge in [0.1, 0.15) is 5.82 Å². The van der Waals surface area contributed by atoms with Gasteiger partial charge < -0.3 is 15.0 Å². The van der Waals surface area contributed by atoms with Crippen molar-refractivity contribution in [3.8, 4) is 11.4 Å². The Morgan fingerprint density at radius 2 is 1.83 bits per heavy atom. The number of morpholine rings is 1. The highest BCUT2D eigenvalue weighted by Crippen LogP contribution is 2.30. The molecule has 4 heterocycles. The number of hydrogen-bond donors (Lipinski definition) is 1. The van der Waals surface area contributed by atoms with Gasteiger partial charge in [0.2, 0.25) is 0 Å². The second-order valence-corrected chi connectivity index (χ2v) is 12.2. The number of hydrogen-bond acceptors (Lipinski definition) is 8. The molecule has 1 aromatic carbocycles. The van der Waals surface area contributed by atoms with Crippen LogP contribution in [-0.2, 0) is 21.1 Å². The fourth-order valence-corrected chi connectivity index (χ4v) is 5.77. The number of nitrogens with one attached hydrogen (secondary N) is 1. The van der Waals surface area contributed by atoms with Gasteiger partial charge in [0, 0.05) is 29.9 Å². The summed E-state index contributed by atoms with van der Waals surface area (Å²) in [6.45, 7) is 3.26. The summed E-state index contributed by atoms with van der Waals surface area (Å²) in [7, 11) is -3.49. The molecule has 4 aromatic rings. The maximum Gasteiger partial charge on any atom is 0.416 e. The second-order valence-electron chi connectivity index (χ2n) is 10.3. The van der Waals surface area contributed by atoms with Crippen molar-refractivity contribution in [1.82, 2.24) is 20.3 Å². The van der Waals surface area contributed by atoms with Crippen LogP contribution in [0.3, 0.4) is 0 Å². The molecule has 0 saturated carbocycles. The lowest BCUT2D eigenvalue weighted by Gasteiger charge is -2.38. The third kappa shape index (κ3) is 6.52. The van der Waals surface area contributed by atoms with Gasteiger partial charge in [0.25, 0.3) is 5.91 Å². The molecule has 13 heteroatoms. The van der Waals surface area contributed by atoms with Crippen molar-refractivity contribution in [3.05, 3.63) is 77.6 Å². The monoisotopic (exact) mass is 599 g/mol. The predicted octanol–water partition coefficient (Wildman–Crippen LogP) is 4.49. The predicted molar refractivity (Wildman–Crippen MR) is 151 cm³/mol. The number of benzene rings is 1. The van der Waals surface area contributed by atoms with Gasteiger partial charge in [-0.15, -0.1) is 0 Å². The molecule has 3 aromatic heterocycles. The molecule has 0 unspecified atom stereocenters. The molecule has 1 N–H and O–H groups in total.